The van der Waals surface area contributed by atoms with Crippen LogP contribution in [0.25, 0.3) is 11.3 Å². The molecule has 1 unspecified atom stereocenters. The van der Waals surface area contributed by atoms with E-state index in [1.807, 2.05) is 4.57 Å². The van der Waals surface area contributed by atoms with Gasteiger partial charge in [-0.1, -0.05) is 18.2 Å². The lowest BCUT2D eigenvalue weighted by Crippen LogP contribution is -2.54. The van der Waals surface area contributed by atoms with Gasteiger partial charge in [-0.05, 0) is 55.2 Å². The lowest BCUT2D eigenvalue weighted by atomic mass is 10.0. The van der Waals surface area contributed by atoms with E-state index in [9.17, 15) is 46.7 Å². The summed E-state index contributed by atoms with van der Waals surface area (Å²) >= 11 is 0. The van der Waals surface area contributed by atoms with Crippen LogP contribution in [0.1, 0.15) is 75.2 Å². The van der Waals surface area contributed by atoms with E-state index >= 15 is 4.39 Å². The number of piperidine rings is 2. The molecule has 3 atom stereocenters. The van der Waals surface area contributed by atoms with Gasteiger partial charge in [-0.15, -0.1) is 13.2 Å². The van der Waals surface area contributed by atoms with E-state index in [1.54, 1.807) is 24.7 Å². The molecule has 2 fully saturated rings. The van der Waals surface area contributed by atoms with E-state index < -0.39 is 65.9 Å². The van der Waals surface area contributed by atoms with E-state index in [0.717, 1.165) is 23.5 Å². The summed E-state index contributed by atoms with van der Waals surface area (Å²) in [6.45, 7) is 3.68. The zero-order valence-corrected chi connectivity index (χ0v) is 41.9. The number of alkyl halides is 4. The maximum atomic E-state index is 15.4. The SMILES string of the molecule is NC(=O)c1cc(-c2cn(CCCCNC(=O)CCOCCOCCOCCOCCNc3cccc4c3C(=O)N(C3CCC(=O)NC3=O)C4=O)cn2)cnc1O[C@@H]1CCN(C(=O)Cc2ccc(OC(F)(F)F)cc2)C[C@H]1F. The molecule has 0 radical (unpaired) electrons. The van der Waals surface area contributed by atoms with E-state index in [2.05, 4.69) is 30.7 Å². The highest BCUT2D eigenvalue weighted by molar-refractivity contribution is 6.25. The number of unbranched alkanes of at least 4 members (excludes halogenated alkanes) is 1. The molecule has 2 saturated heterocycles. The minimum atomic E-state index is -4.85. The highest BCUT2D eigenvalue weighted by Gasteiger charge is 2.45. The standard InChI is InChI=1S/C51H59F4N9O13/c52-37-29-63(44(67)26-32-6-8-34(9-7-32)77-51(53,54)55)17-12-41(37)76-48-36(46(56)68)27-33(28-59-48)39-30-62(31-60-39)16-2-1-14-58-42(65)13-18-72-20-22-74-24-25-75-23-21-73-19-15-57-38-5-3-4-35-45(38)50(71)64(49(35)70)40-10-11-43(66)61-47(40)69/h3-9,27-28,30-31,37,40-41,57H,1-2,10-26,29H2,(H2,56,68)(H,58,65)(H,61,66,69)/t37-,40?,41-/m1/s1. The number of fused-ring (bicyclic) bond motifs is 1. The molecule has 0 spiro atoms. The fourth-order valence-corrected chi connectivity index (χ4v) is 8.56. The Morgan fingerprint density at radius 3 is 2.25 bits per heavy atom. The molecule has 4 aromatic rings. The first-order chi connectivity index (χ1) is 37.0. The van der Waals surface area contributed by atoms with Gasteiger partial charge in [-0.3, -0.25) is 43.8 Å². The van der Waals surface area contributed by atoms with Crippen LogP contribution in [0.3, 0.4) is 0 Å². The van der Waals surface area contributed by atoms with Crippen molar-refractivity contribution in [2.24, 2.45) is 5.73 Å². The van der Waals surface area contributed by atoms with Crippen LogP contribution in [0.4, 0.5) is 23.2 Å². The number of aryl methyl sites for hydroxylation is 1. The van der Waals surface area contributed by atoms with Gasteiger partial charge in [0.25, 0.3) is 17.7 Å². The van der Waals surface area contributed by atoms with Crippen molar-refractivity contribution in [1.82, 2.24) is 35.0 Å². The van der Waals surface area contributed by atoms with E-state index in [1.165, 1.54) is 35.4 Å². The molecule has 22 nitrogen and oxygen atoms in total. The van der Waals surface area contributed by atoms with Crippen molar-refractivity contribution in [2.45, 2.75) is 76.2 Å². The van der Waals surface area contributed by atoms with Crippen LogP contribution in [0.15, 0.2) is 67.3 Å². The average Bonchev–Trinajstić information content (AvgIpc) is 3.98. The predicted octanol–water partition coefficient (Wildman–Crippen LogP) is 3.37. The first-order valence-corrected chi connectivity index (χ1v) is 25.0. The summed E-state index contributed by atoms with van der Waals surface area (Å²) in [5, 5.41) is 8.17. The predicted molar refractivity (Wildman–Crippen MR) is 263 cm³/mol. The molecule has 5 heterocycles. The molecule has 3 aliphatic heterocycles. The second-order valence-electron chi connectivity index (χ2n) is 18.0. The summed E-state index contributed by atoms with van der Waals surface area (Å²) < 4.78 is 86.4. The van der Waals surface area contributed by atoms with Crippen LogP contribution in [-0.4, -0.2) is 169 Å². The molecule has 26 heteroatoms. The molecule has 0 aliphatic carbocycles. The van der Waals surface area contributed by atoms with Crippen LogP contribution in [0, 0.1) is 0 Å². The number of nitrogens with zero attached hydrogens (tertiary/aromatic N) is 5. The molecule has 414 valence electrons. The number of imide groups is 2. The van der Waals surface area contributed by atoms with Gasteiger partial charge in [0.2, 0.25) is 29.5 Å². The van der Waals surface area contributed by atoms with E-state index in [-0.39, 0.29) is 80.3 Å². The van der Waals surface area contributed by atoms with Gasteiger partial charge < -0.3 is 54.3 Å². The van der Waals surface area contributed by atoms with Gasteiger partial charge in [0, 0.05) is 69.1 Å². The fraction of sp³-hybridized carbons (Fsp3) is 0.471. The second-order valence-corrected chi connectivity index (χ2v) is 18.0. The Balaban J connectivity index is 0.683. The first kappa shape index (κ1) is 57.2. The number of hydrogen-bond donors (Lipinski definition) is 4. The van der Waals surface area contributed by atoms with Crippen LogP contribution < -0.4 is 31.2 Å². The lowest BCUT2D eigenvalue weighted by Gasteiger charge is -2.34. The number of likely N-dealkylation sites (tertiary alicyclic amines) is 1. The minimum Gasteiger partial charge on any atom is -0.471 e. The van der Waals surface area contributed by atoms with Crippen molar-refractivity contribution in [3.8, 4) is 22.9 Å². The summed E-state index contributed by atoms with van der Waals surface area (Å²) in [7, 11) is 0. The number of rotatable bonds is 29. The van der Waals surface area contributed by atoms with Crippen molar-refractivity contribution in [2.75, 3.05) is 84.4 Å². The Morgan fingerprint density at radius 2 is 1.56 bits per heavy atom. The number of carbonyl (C=O) groups excluding carboxylic acids is 7. The van der Waals surface area contributed by atoms with Crippen molar-refractivity contribution in [3.63, 3.8) is 0 Å². The number of primary amides is 1. The molecular formula is C51H59F4N9O13. The molecule has 7 amide bonds. The zero-order valence-electron chi connectivity index (χ0n) is 41.9. The average molecular weight is 1080 g/mol. The monoisotopic (exact) mass is 1080 g/mol. The number of nitrogens with one attached hydrogen (secondary N) is 3. The number of nitrogens with two attached hydrogens (primary N) is 1. The third-order valence-corrected chi connectivity index (χ3v) is 12.4. The van der Waals surface area contributed by atoms with Crippen LogP contribution in [0.2, 0.25) is 0 Å². The summed E-state index contributed by atoms with van der Waals surface area (Å²) in [6, 6.07) is 10.1. The fourth-order valence-electron chi connectivity index (χ4n) is 8.56. The largest absolute Gasteiger partial charge is 0.573 e. The van der Waals surface area contributed by atoms with Crippen molar-refractivity contribution in [1.29, 1.82) is 0 Å². The summed E-state index contributed by atoms with van der Waals surface area (Å²) in [5.74, 6) is -4.29. The third kappa shape index (κ3) is 16.5. The summed E-state index contributed by atoms with van der Waals surface area (Å²) in [4.78, 5) is 98.7. The van der Waals surface area contributed by atoms with Gasteiger partial charge in [0.15, 0.2) is 6.17 Å². The number of imidazole rings is 1. The molecule has 2 aromatic heterocycles. The Bertz CT molecular complexity index is 2730. The molecule has 5 N–H and O–H groups in total. The van der Waals surface area contributed by atoms with E-state index in [0.29, 0.717) is 94.8 Å². The topological polar surface area (TPSA) is 274 Å². The third-order valence-electron chi connectivity index (χ3n) is 12.4. The number of aromatic nitrogens is 3. The van der Waals surface area contributed by atoms with Crippen LogP contribution >= 0.6 is 0 Å². The van der Waals surface area contributed by atoms with E-state index in [4.69, 9.17) is 29.4 Å². The number of benzene rings is 2. The van der Waals surface area contributed by atoms with Crippen molar-refractivity contribution in [3.05, 3.63) is 89.5 Å². The highest BCUT2D eigenvalue weighted by Crippen LogP contribution is 2.33. The number of ether oxygens (including phenoxy) is 6. The number of amides is 7. The van der Waals surface area contributed by atoms with Gasteiger partial charge in [0.05, 0.1) is 89.0 Å². The highest BCUT2D eigenvalue weighted by atomic mass is 19.4. The molecule has 0 bridgehead atoms. The first-order valence-electron chi connectivity index (χ1n) is 25.0. The van der Waals surface area contributed by atoms with Crippen LogP contribution in [-0.2, 0) is 51.1 Å². The molecular weight excluding hydrogens is 1020 g/mol. The quantitative estimate of drug-likeness (QED) is 0.0345. The zero-order chi connectivity index (χ0) is 54.9. The Kier molecular flexibility index (Phi) is 20.4. The summed E-state index contributed by atoms with van der Waals surface area (Å²) in [5.41, 5.74) is 7.77. The minimum absolute atomic E-state index is 0.0381. The maximum absolute atomic E-state index is 15.4. The van der Waals surface area contributed by atoms with Gasteiger partial charge in [0.1, 0.15) is 23.5 Å². The maximum Gasteiger partial charge on any atom is 0.573 e. The number of anilines is 1. The lowest BCUT2D eigenvalue weighted by molar-refractivity contribution is -0.274. The number of pyridine rings is 1. The van der Waals surface area contributed by atoms with Gasteiger partial charge in [-0.25, -0.2) is 14.4 Å². The second kappa shape index (κ2) is 27.5. The number of carbonyl (C=O) groups is 7. The van der Waals surface area contributed by atoms with Crippen molar-refractivity contribution < 1.29 is 79.5 Å². The summed E-state index contributed by atoms with van der Waals surface area (Å²) in [6.07, 6.45) is -1.08. The van der Waals surface area contributed by atoms with Gasteiger partial charge in [-0.2, -0.15) is 0 Å². The molecule has 2 aromatic carbocycles. The Labute approximate surface area is 439 Å². The number of hydrogen-bond acceptors (Lipinski definition) is 16. The molecule has 7 rings (SSSR count). The molecule has 0 saturated carbocycles. The molecule has 77 heavy (non-hydrogen) atoms. The molecule has 3 aliphatic rings. The number of halogens is 4. The van der Waals surface area contributed by atoms with Crippen molar-refractivity contribution >= 4 is 47.0 Å². The Hall–Kier alpha value is -7.55. The van der Waals surface area contributed by atoms with Gasteiger partial charge >= 0.3 is 6.36 Å². The normalized spacial score (nSPS) is 17.5. The van der Waals surface area contributed by atoms with Crippen LogP contribution in [0.5, 0.6) is 11.6 Å². The smallest absolute Gasteiger partial charge is 0.471 e. The Morgan fingerprint density at radius 1 is 0.844 bits per heavy atom.